The van der Waals surface area contributed by atoms with E-state index in [9.17, 15) is 8.78 Å². The first-order valence-electron chi connectivity index (χ1n) is 10.2. The fourth-order valence-corrected chi connectivity index (χ4v) is 4.56. The van der Waals surface area contributed by atoms with Crippen LogP contribution in [0.1, 0.15) is 31.4 Å². The molecular formula is C20H27F2N5O2S. The number of methoxy groups -OCH3 is 1. The molecule has 0 spiro atoms. The van der Waals surface area contributed by atoms with Crippen molar-refractivity contribution in [3.63, 3.8) is 0 Å². The Balaban J connectivity index is 1.58. The summed E-state index contributed by atoms with van der Waals surface area (Å²) in [4.78, 5) is 16.1. The van der Waals surface area contributed by atoms with Crippen LogP contribution in [0.15, 0.2) is 11.4 Å². The van der Waals surface area contributed by atoms with Gasteiger partial charge >= 0.3 is 0 Å². The van der Waals surface area contributed by atoms with Crippen molar-refractivity contribution in [2.75, 3.05) is 43.6 Å². The van der Waals surface area contributed by atoms with Crippen LogP contribution in [0.5, 0.6) is 0 Å². The van der Waals surface area contributed by atoms with Crippen molar-refractivity contribution in [1.82, 2.24) is 15.0 Å². The molecule has 0 radical (unpaired) electrons. The molecule has 2 aliphatic rings. The Bertz CT molecular complexity index is 853. The van der Waals surface area contributed by atoms with Crippen LogP contribution in [0.3, 0.4) is 0 Å². The molecule has 0 unspecified atom stereocenters. The number of rotatable bonds is 6. The molecule has 0 bridgehead atoms. The maximum Gasteiger partial charge on any atom is 0.248 e. The highest BCUT2D eigenvalue weighted by Crippen LogP contribution is 2.34. The van der Waals surface area contributed by atoms with Crippen LogP contribution in [-0.4, -0.2) is 66.4 Å². The fourth-order valence-electron chi connectivity index (χ4n) is 3.83. The zero-order valence-electron chi connectivity index (χ0n) is 17.2. The van der Waals surface area contributed by atoms with Gasteiger partial charge in [-0.3, -0.25) is 0 Å². The van der Waals surface area contributed by atoms with E-state index < -0.39 is 5.92 Å². The average Bonchev–Trinajstić information content (AvgIpc) is 3.16. The number of nitrogens with zero attached hydrogens (tertiary/aromatic N) is 4. The van der Waals surface area contributed by atoms with Gasteiger partial charge in [-0.05, 0) is 19.8 Å². The second kappa shape index (κ2) is 9.07. The van der Waals surface area contributed by atoms with E-state index in [1.54, 1.807) is 7.11 Å². The van der Waals surface area contributed by atoms with Gasteiger partial charge in [0.2, 0.25) is 5.92 Å². The fraction of sp³-hybridized carbons (Fsp3) is 0.650. The van der Waals surface area contributed by atoms with Gasteiger partial charge < -0.3 is 19.7 Å². The summed E-state index contributed by atoms with van der Waals surface area (Å²) in [5.74, 6) is -0.583. The van der Waals surface area contributed by atoms with Gasteiger partial charge in [-0.15, -0.1) is 11.3 Å². The molecule has 30 heavy (non-hydrogen) atoms. The van der Waals surface area contributed by atoms with Crippen LogP contribution >= 0.6 is 11.3 Å². The molecule has 0 aromatic carbocycles. The molecule has 3 heterocycles. The third-order valence-electron chi connectivity index (χ3n) is 5.41. The monoisotopic (exact) mass is 439 g/mol. The van der Waals surface area contributed by atoms with E-state index in [2.05, 4.69) is 20.2 Å². The molecule has 2 fully saturated rings. The van der Waals surface area contributed by atoms with Gasteiger partial charge in [-0.25, -0.2) is 23.7 Å². The molecule has 0 amide bonds. The van der Waals surface area contributed by atoms with Gasteiger partial charge in [0, 0.05) is 56.2 Å². The van der Waals surface area contributed by atoms with Crippen LogP contribution < -0.4 is 10.2 Å². The van der Waals surface area contributed by atoms with Crippen LogP contribution in [0.4, 0.5) is 20.4 Å². The van der Waals surface area contributed by atoms with E-state index in [-0.39, 0.29) is 25.0 Å². The zero-order valence-corrected chi connectivity index (χ0v) is 18.1. The first-order chi connectivity index (χ1) is 14.4. The molecule has 4 rings (SSSR count). The van der Waals surface area contributed by atoms with Gasteiger partial charge in [0.15, 0.2) is 10.8 Å². The lowest BCUT2D eigenvalue weighted by Crippen LogP contribution is -2.44. The number of alkyl halides is 2. The quantitative estimate of drug-likeness (QED) is 0.735. The Morgan fingerprint density at radius 3 is 2.80 bits per heavy atom. The topological polar surface area (TPSA) is 72.4 Å². The van der Waals surface area contributed by atoms with Crippen molar-refractivity contribution in [1.29, 1.82) is 0 Å². The molecule has 1 aliphatic carbocycles. The summed E-state index contributed by atoms with van der Waals surface area (Å²) in [7, 11) is 1.66. The van der Waals surface area contributed by atoms with Crippen LogP contribution in [-0.2, 0) is 9.47 Å². The Hall–Kier alpha value is -1.91. The minimum Gasteiger partial charge on any atom is -0.382 e. The highest BCUT2D eigenvalue weighted by molar-refractivity contribution is 7.13. The smallest absolute Gasteiger partial charge is 0.248 e. The lowest BCUT2D eigenvalue weighted by molar-refractivity contribution is -0.0361. The van der Waals surface area contributed by atoms with Crippen molar-refractivity contribution in [2.24, 2.45) is 0 Å². The summed E-state index contributed by atoms with van der Waals surface area (Å²) < 4.78 is 38.0. The number of ether oxygens (including phenoxy) is 2. The van der Waals surface area contributed by atoms with E-state index in [1.807, 2.05) is 18.4 Å². The third kappa shape index (κ3) is 5.22. The van der Waals surface area contributed by atoms with Crippen molar-refractivity contribution in [3.05, 3.63) is 17.1 Å². The van der Waals surface area contributed by atoms with Gasteiger partial charge in [0.1, 0.15) is 11.6 Å². The van der Waals surface area contributed by atoms with Crippen molar-refractivity contribution < 1.29 is 18.3 Å². The van der Waals surface area contributed by atoms with E-state index in [0.717, 1.165) is 16.5 Å². The van der Waals surface area contributed by atoms with E-state index in [4.69, 9.17) is 14.5 Å². The largest absolute Gasteiger partial charge is 0.382 e. The molecule has 10 heteroatoms. The number of thiazole rings is 1. The summed E-state index contributed by atoms with van der Waals surface area (Å²) in [6.45, 7) is 4.41. The van der Waals surface area contributed by atoms with E-state index >= 15 is 0 Å². The standard InChI is InChI=1S/C20H27F2N5O2S/c1-13-12-30-19(23-13)18-25-16(24-14-3-5-20(21,22)6-4-14)9-17(26-18)27-7-8-29-15(10-27)11-28-2/h9,12,14-15H,3-8,10-11H2,1-2H3,(H,24,25,26)/t15-/m1/s1. The van der Waals surface area contributed by atoms with Gasteiger partial charge in [0.25, 0.3) is 0 Å². The Labute approximate surface area is 178 Å². The average molecular weight is 440 g/mol. The number of morpholine rings is 1. The van der Waals surface area contributed by atoms with Gasteiger partial charge in [-0.1, -0.05) is 0 Å². The predicted octanol–water partition coefficient (Wildman–Crippen LogP) is 3.75. The summed E-state index contributed by atoms with van der Waals surface area (Å²) in [6, 6.07) is 1.87. The first-order valence-corrected chi connectivity index (χ1v) is 11.1. The van der Waals surface area contributed by atoms with Crippen LogP contribution in [0.2, 0.25) is 0 Å². The minimum absolute atomic E-state index is 0.0239. The van der Waals surface area contributed by atoms with Crippen molar-refractivity contribution >= 4 is 23.0 Å². The highest BCUT2D eigenvalue weighted by atomic mass is 32.1. The number of hydrogen-bond donors (Lipinski definition) is 1. The van der Waals surface area contributed by atoms with E-state index in [0.29, 0.717) is 50.8 Å². The number of nitrogens with one attached hydrogen (secondary N) is 1. The molecule has 7 nitrogen and oxygen atoms in total. The van der Waals surface area contributed by atoms with Crippen LogP contribution in [0, 0.1) is 6.92 Å². The lowest BCUT2D eigenvalue weighted by atomic mass is 9.92. The second-order valence-electron chi connectivity index (χ2n) is 7.90. The molecule has 1 aliphatic heterocycles. The maximum atomic E-state index is 13.5. The van der Waals surface area contributed by atoms with E-state index in [1.165, 1.54) is 11.3 Å². The number of aryl methyl sites for hydroxylation is 1. The van der Waals surface area contributed by atoms with Gasteiger partial charge in [-0.2, -0.15) is 0 Å². The summed E-state index contributed by atoms with van der Waals surface area (Å²) >= 11 is 1.49. The Morgan fingerprint density at radius 2 is 2.10 bits per heavy atom. The van der Waals surface area contributed by atoms with Crippen molar-refractivity contribution in [2.45, 2.75) is 50.7 Å². The third-order valence-corrected chi connectivity index (χ3v) is 6.36. The molecule has 1 saturated heterocycles. The van der Waals surface area contributed by atoms with Gasteiger partial charge in [0.05, 0.1) is 19.3 Å². The molecule has 2 aromatic rings. The molecule has 1 N–H and O–H groups in total. The molecular weight excluding hydrogens is 412 g/mol. The Kier molecular flexibility index (Phi) is 6.45. The summed E-state index contributed by atoms with van der Waals surface area (Å²) in [6.07, 6.45) is 0.630. The van der Waals surface area contributed by atoms with Crippen LogP contribution in [0.25, 0.3) is 10.8 Å². The lowest BCUT2D eigenvalue weighted by Gasteiger charge is -2.34. The molecule has 1 atom stereocenters. The number of hydrogen-bond acceptors (Lipinski definition) is 8. The molecule has 1 saturated carbocycles. The predicted molar refractivity (Wildman–Crippen MR) is 113 cm³/mol. The molecule has 2 aromatic heterocycles. The number of anilines is 2. The number of halogens is 2. The SMILES string of the molecule is COC[C@H]1CN(c2cc(NC3CCC(F)(F)CC3)nc(-c3nc(C)cs3)n2)CCO1. The second-order valence-corrected chi connectivity index (χ2v) is 8.76. The zero-order chi connectivity index (χ0) is 21.1. The van der Waals surface area contributed by atoms with Crippen molar-refractivity contribution in [3.8, 4) is 10.8 Å². The summed E-state index contributed by atoms with van der Waals surface area (Å²) in [5.41, 5.74) is 0.916. The normalized spacial score (nSPS) is 22.3. The highest BCUT2D eigenvalue weighted by Gasteiger charge is 2.35. The maximum absolute atomic E-state index is 13.5. The molecule has 164 valence electrons. The summed E-state index contributed by atoms with van der Waals surface area (Å²) in [5, 5.41) is 6.07. The minimum atomic E-state index is -2.55. The number of aromatic nitrogens is 3. The first kappa shape index (κ1) is 21.3. The Morgan fingerprint density at radius 1 is 1.30 bits per heavy atom.